The Hall–Kier alpha value is -1.56. The Morgan fingerprint density at radius 3 is 2.94 bits per heavy atom. The Morgan fingerprint density at radius 1 is 1.50 bits per heavy atom. The minimum Gasteiger partial charge on any atom is -0.465 e. The zero-order chi connectivity index (χ0) is 13.1. The molecule has 0 aliphatic carbocycles. The second kappa shape index (κ2) is 5.39. The summed E-state index contributed by atoms with van der Waals surface area (Å²) in [7, 11) is 1.37. The standard InChI is InChI=1S/C12H15N3O2S/c1-8(7-18-3)11-14-13-10-5-4-9(6-15(10)11)12(16)17-2/h4-6,8H,7H2,1-3H3. The number of esters is 1. The minimum atomic E-state index is -0.353. The number of aromatic nitrogens is 3. The number of hydrogen-bond donors (Lipinski definition) is 0. The molecule has 0 aliphatic heterocycles. The van der Waals surface area contributed by atoms with Gasteiger partial charge in [0.05, 0.1) is 12.7 Å². The van der Waals surface area contributed by atoms with Gasteiger partial charge >= 0.3 is 5.97 Å². The van der Waals surface area contributed by atoms with Crippen molar-refractivity contribution in [1.82, 2.24) is 14.6 Å². The van der Waals surface area contributed by atoms with E-state index in [1.807, 2.05) is 4.40 Å². The third-order valence-electron chi connectivity index (χ3n) is 2.71. The normalized spacial score (nSPS) is 12.6. The number of rotatable bonds is 4. The van der Waals surface area contributed by atoms with Gasteiger partial charge in [-0.2, -0.15) is 11.8 Å². The van der Waals surface area contributed by atoms with E-state index in [1.54, 1.807) is 30.1 Å². The van der Waals surface area contributed by atoms with Crippen molar-refractivity contribution >= 4 is 23.4 Å². The summed E-state index contributed by atoms with van der Waals surface area (Å²) in [6.45, 7) is 2.10. The van der Waals surface area contributed by atoms with Crippen molar-refractivity contribution < 1.29 is 9.53 Å². The summed E-state index contributed by atoms with van der Waals surface area (Å²) >= 11 is 1.76. The average molecular weight is 265 g/mol. The van der Waals surface area contributed by atoms with Crippen molar-refractivity contribution in [3.63, 3.8) is 0 Å². The third-order valence-corrected chi connectivity index (χ3v) is 3.54. The molecule has 2 aromatic heterocycles. The first kappa shape index (κ1) is 12.9. The van der Waals surface area contributed by atoms with E-state index in [0.29, 0.717) is 5.56 Å². The molecule has 0 aromatic carbocycles. The summed E-state index contributed by atoms with van der Waals surface area (Å²) in [5.74, 6) is 1.76. The summed E-state index contributed by atoms with van der Waals surface area (Å²) in [4.78, 5) is 11.5. The molecule has 2 heterocycles. The monoisotopic (exact) mass is 265 g/mol. The Bertz CT molecular complexity index is 567. The van der Waals surface area contributed by atoms with Gasteiger partial charge < -0.3 is 4.74 Å². The maximum absolute atomic E-state index is 11.5. The Morgan fingerprint density at radius 2 is 2.28 bits per heavy atom. The SMILES string of the molecule is COC(=O)c1ccc2nnc(C(C)CSC)n2c1. The molecule has 5 nitrogen and oxygen atoms in total. The van der Waals surface area contributed by atoms with E-state index in [2.05, 4.69) is 23.4 Å². The topological polar surface area (TPSA) is 56.5 Å². The Labute approximate surface area is 110 Å². The van der Waals surface area contributed by atoms with Gasteiger partial charge in [-0.25, -0.2) is 4.79 Å². The number of ether oxygens (including phenoxy) is 1. The highest BCUT2D eigenvalue weighted by atomic mass is 32.2. The van der Waals surface area contributed by atoms with E-state index in [-0.39, 0.29) is 11.9 Å². The van der Waals surface area contributed by atoms with Crippen LogP contribution in [0.1, 0.15) is 29.0 Å². The molecule has 0 amide bonds. The Kier molecular flexibility index (Phi) is 3.86. The lowest BCUT2D eigenvalue weighted by atomic mass is 10.2. The van der Waals surface area contributed by atoms with Gasteiger partial charge in [-0.05, 0) is 18.4 Å². The average Bonchev–Trinajstić information content (AvgIpc) is 2.80. The number of nitrogens with zero attached hydrogens (tertiary/aromatic N) is 3. The lowest BCUT2D eigenvalue weighted by molar-refractivity contribution is 0.0600. The zero-order valence-corrected chi connectivity index (χ0v) is 11.4. The van der Waals surface area contributed by atoms with E-state index in [9.17, 15) is 4.79 Å². The summed E-state index contributed by atoms with van der Waals surface area (Å²) < 4.78 is 6.57. The summed E-state index contributed by atoms with van der Waals surface area (Å²) in [6.07, 6.45) is 3.78. The summed E-state index contributed by atoms with van der Waals surface area (Å²) in [6, 6.07) is 3.47. The van der Waals surface area contributed by atoms with Gasteiger partial charge in [0.25, 0.3) is 0 Å². The first-order valence-corrected chi connectivity index (χ1v) is 6.98. The van der Waals surface area contributed by atoms with E-state index in [1.165, 1.54) is 7.11 Å². The molecule has 0 N–H and O–H groups in total. The van der Waals surface area contributed by atoms with E-state index in [4.69, 9.17) is 4.74 Å². The molecule has 0 saturated heterocycles. The molecule has 6 heteroatoms. The number of carbonyl (C=O) groups excluding carboxylic acids is 1. The van der Waals surface area contributed by atoms with Crippen LogP contribution in [0.15, 0.2) is 18.3 Å². The molecule has 0 radical (unpaired) electrons. The van der Waals surface area contributed by atoms with Crippen LogP contribution in [0.25, 0.3) is 5.65 Å². The highest BCUT2D eigenvalue weighted by Crippen LogP contribution is 2.18. The van der Waals surface area contributed by atoms with Crippen LogP contribution in [0.4, 0.5) is 0 Å². The number of methoxy groups -OCH3 is 1. The molecule has 2 aromatic rings. The van der Waals surface area contributed by atoms with Crippen LogP contribution in [-0.4, -0.2) is 39.7 Å². The van der Waals surface area contributed by atoms with Gasteiger partial charge in [0.1, 0.15) is 5.82 Å². The maximum atomic E-state index is 11.5. The summed E-state index contributed by atoms with van der Waals surface area (Å²) in [5, 5.41) is 8.29. The van der Waals surface area contributed by atoms with E-state index in [0.717, 1.165) is 17.2 Å². The smallest absolute Gasteiger partial charge is 0.339 e. The molecule has 0 aliphatic rings. The molecule has 0 saturated carbocycles. The minimum absolute atomic E-state index is 0.280. The number of thioether (sulfide) groups is 1. The number of carbonyl (C=O) groups is 1. The quantitative estimate of drug-likeness (QED) is 0.791. The molecule has 96 valence electrons. The molecule has 1 atom stereocenters. The predicted molar refractivity (Wildman–Crippen MR) is 71.1 cm³/mol. The lowest BCUT2D eigenvalue weighted by Gasteiger charge is -2.08. The lowest BCUT2D eigenvalue weighted by Crippen LogP contribution is -2.06. The molecule has 1 unspecified atom stereocenters. The number of pyridine rings is 1. The molecule has 0 bridgehead atoms. The van der Waals surface area contributed by atoms with Crippen molar-refractivity contribution in [2.24, 2.45) is 0 Å². The highest BCUT2D eigenvalue weighted by molar-refractivity contribution is 7.98. The van der Waals surface area contributed by atoms with Crippen LogP contribution in [0.3, 0.4) is 0 Å². The second-order valence-corrected chi connectivity index (χ2v) is 4.96. The third kappa shape index (κ3) is 2.33. The highest BCUT2D eigenvalue weighted by Gasteiger charge is 2.15. The van der Waals surface area contributed by atoms with Crippen molar-refractivity contribution in [2.45, 2.75) is 12.8 Å². The van der Waals surface area contributed by atoms with Crippen LogP contribution in [-0.2, 0) is 4.74 Å². The van der Waals surface area contributed by atoms with Crippen molar-refractivity contribution in [3.05, 3.63) is 29.7 Å². The molecular weight excluding hydrogens is 250 g/mol. The maximum Gasteiger partial charge on any atom is 0.339 e. The molecule has 0 spiro atoms. The fraction of sp³-hybridized carbons (Fsp3) is 0.417. The zero-order valence-electron chi connectivity index (χ0n) is 10.6. The van der Waals surface area contributed by atoms with Crippen LogP contribution in [0.2, 0.25) is 0 Å². The fourth-order valence-corrected chi connectivity index (χ4v) is 2.46. The number of fused-ring (bicyclic) bond motifs is 1. The van der Waals surface area contributed by atoms with Gasteiger partial charge in [0, 0.05) is 17.9 Å². The molecular formula is C12H15N3O2S. The van der Waals surface area contributed by atoms with E-state index >= 15 is 0 Å². The van der Waals surface area contributed by atoms with Crippen molar-refractivity contribution in [3.8, 4) is 0 Å². The van der Waals surface area contributed by atoms with Crippen molar-refractivity contribution in [2.75, 3.05) is 19.1 Å². The largest absolute Gasteiger partial charge is 0.465 e. The predicted octanol–water partition coefficient (Wildman–Crippen LogP) is 1.98. The van der Waals surface area contributed by atoms with E-state index < -0.39 is 0 Å². The van der Waals surface area contributed by atoms with Crippen LogP contribution >= 0.6 is 11.8 Å². The Balaban J connectivity index is 2.46. The van der Waals surface area contributed by atoms with Gasteiger partial charge in [0.2, 0.25) is 0 Å². The van der Waals surface area contributed by atoms with Crippen LogP contribution in [0.5, 0.6) is 0 Å². The van der Waals surface area contributed by atoms with Crippen LogP contribution < -0.4 is 0 Å². The molecule has 2 rings (SSSR count). The van der Waals surface area contributed by atoms with Gasteiger partial charge in [-0.3, -0.25) is 4.40 Å². The second-order valence-electron chi connectivity index (χ2n) is 4.05. The molecule has 0 fully saturated rings. The van der Waals surface area contributed by atoms with Gasteiger partial charge in [0.15, 0.2) is 5.65 Å². The van der Waals surface area contributed by atoms with Gasteiger partial charge in [-0.15, -0.1) is 10.2 Å². The first-order chi connectivity index (χ1) is 8.67. The number of hydrogen-bond acceptors (Lipinski definition) is 5. The fourth-order valence-electron chi connectivity index (χ4n) is 1.81. The summed E-state index contributed by atoms with van der Waals surface area (Å²) in [5.41, 5.74) is 1.24. The molecule has 18 heavy (non-hydrogen) atoms. The first-order valence-electron chi connectivity index (χ1n) is 5.59. The van der Waals surface area contributed by atoms with Crippen LogP contribution in [0, 0.1) is 0 Å². The van der Waals surface area contributed by atoms with Gasteiger partial charge in [-0.1, -0.05) is 6.92 Å². The van der Waals surface area contributed by atoms with Crippen molar-refractivity contribution in [1.29, 1.82) is 0 Å².